The summed E-state index contributed by atoms with van der Waals surface area (Å²) in [4.78, 5) is 21.0. The van der Waals surface area contributed by atoms with Gasteiger partial charge in [0.25, 0.3) is 5.91 Å². The molecule has 1 N–H and O–H groups in total. The molecule has 6 nitrogen and oxygen atoms in total. The number of ether oxygens (including phenoxy) is 1. The number of carbonyl (C=O) groups excluding carboxylic acids is 1. The van der Waals surface area contributed by atoms with E-state index in [1.807, 2.05) is 13.8 Å². The third kappa shape index (κ3) is 3.96. The average molecular weight is 355 g/mol. The molecule has 1 aromatic carbocycles. The molecule has 2 heterocycles. The summed E-state index contributed by atoms with van der Waals surface area (Å²) in [5.74, 6) is 0.446. The molecule has 6 heteroatoms. The highest BCUT2D eigenvalue weighted by molar-refractivity contribution is 5.82. The van der Waals surface area contributed by atoms with Crippen molar-refractivity contribution in [3.8, 4) is 5.75 Å². The Balaban J connectivity index is 1.62. The number of pyridine rings is 1. The Bertz CT molecular complexity index is 748. The van der Waals surface area contributed by atoms with Gasteiger partial charge in [0, 0.05) is 43.3 Å². The molecule has 1 aliphatic rings. The molecule has 1 unspecified atom stereocenters. The van der Waals surface area contributed by atoms with Crippen LogP contribution >= 0.6 is 0 Å². The molecule has 2 aromatic rings. The number of aromatic nitrogens is 1. The Morgan fingerprint density at radius 1 is 1.08 bits per heavy atom. The Hall–Kier alpha value is -2.60. The standard InChI is InChI=1S/C20H25N3O3/c1-14-12-17(13-15(2)21-14)22-8-10-23(11-9-22)20(25)19(24)16-4-6-18(26-3)7-5-16/h4-7,12-13,19,24H,8-11H2,1-3H3. The first-order chi connectivity index (χ1) is 12.5. The minimum absolute atomic E-state index is 0.253. The van der Waals surface area contributed by atoms with Gasteiger partial charge in [-0.05, 0) is 43.7 Å². The number of aliphatic hydroxyl groups is 1. The molecule has 3 rings (SSSR count). The van der Waals surface area contributed by atoms with Crippen LogP contribution in [0.1, 0.15) is 23.1 Å². The highest BCUT2D eigenvalue weighted by Gasteiger charge is 2.27. The zero-order valence-electron chi connectivity index (χ0n) is 15.5. The number of rotatable bonds is 4. The summed E-state index contributed by atoms with van der Waals surface area (Å²) in [5.41, 5.74) is 3.71. The van der Waals surface area contributed by atoms with Crippen molar-refractivity contribution < 1.29 is 14.6 Å². The number of amides is 1. The van der Waals surface area contributed by atoms with E-state index in [9.17, 15) is 9.90 Å². The molecule has 138 valence electrons. The number of aliphatic hydroxyl groups excluding tert-OH is 1. The van der Waals surface area contributed by atoms with Crippen LogP contribution in [0.4, 0.5) is 5.69 Å². The van der Waals surface area contributed by atoms with Crippen molar-refractivity contribution in [2.24, 2.45) is 0 Å². The predicted octanol–water partition coefficient (Wildman–Crippen LogP) is 2.09. The molecule has 26 heavy (non-hydrogen) atoms. The Kier molecular flexibility index (Phi) is 5.42. The smallest absolute Gasteiger partial charge is 0.256 e. The third-order valence-corrected chi connectivity index (χ3v) is 4.69. The van der Waals surface area contributed by atoms with E-state index in [-0.39, 0.29) is 5.91 Å². The second-order valence-corrected chi connectivity index (χ2v) is 6.60. The Labute approximate surface area is 154 Å². The predicted molar refractivity (Wildman–Crippen MR) is 100 cm³/mol. The molecule has 0 spiro atoms. The molecule has 1 aromatic heterocycles. The number of anilines is 1. The van der Waals surface area contributed by atoms with Crippen molar-refractivity contribution in [1.29, 1.82) is 0 Å². The van der Waals surface area contributed by atoms with E-state index >= 15 is 0 Å². The first-order valence-electron chi connectivity index (χ1n) is 8.79. The summed E-state index contributed by atoms with van der Waals surface area (Å²) in [6, 6.07) is 11.1. The molecule has 0 radical (unpaired) electrons. The first-order valence-corrected chi connectivity index (χ1v) is 8.79. The fourth-order valence-electron chi connectivity index (χ4n) is 3.28. The number of nitrogens with zero attached hydrogens (tertiary/aromatic N) is 3. The van der Waals surface area contributed by atoms with Crippen LogP contribution in [0.2, 0.25) is 0 Å². The minimum Gasteiger partial charge on any atom is -0.497 e. The molecule has 1 amide bonds. The summed E-state index contributed by atoms with van der Waals surface area (Å²) in [6.45, 7) is 6.63. The van der Waals surface area contributed by atoms with E-state index in [0.717, 1.165) is 30.2 Å². The lowest BCUT2D eigenvalue weighted by atomic mass is 10.1. The van der Waals surface area contributed by atoms with Crippen LogP contribution < -0.4 is 9.64 Å². The highest BCUT2D eigenvalue weighted by Crippen LogP contribution is 2.22. The van der Waals surface area contributed by atoms with Crippen LogP contribution in [0, 0.1) is 13.8 Å². The monoisotopic (exact) mass is 355 g/mol. The van der Waals surface area contributed by atoms with Gasteiger partial charge in [-0.3, -0.25) is 9.78 Å². The van der Waals surface area contributed by atoms with Gasteiger partial charge in [0.15, 0.2) is 6.10 Å². The first kappa shape index (κ1) is 18.2. The number of benzene rings is 1. The highest BCUT2D eigenvalue weighted by atomic mass is 16.5. The van der Waals surface area contributed by atoms with Crippen LogP contribution in [0.25, 0.3) is 0 Å². The van der Waals surface area contributed by atoms with Gasteiger partial charge in [0.2, 0.25) is 0 Å². The zero-order valence-corrected chi connectivity index (χ0v) is 15.5. The van der Waals surface area contributed by atoms with Crippen molar-refractivity contribution in [1.82, 2.24) is 9.88 Å². The maximum Gasteiger partial charge on any atom is 0.256 e. The Morgan fingerprint density at radius 3 is 2.19 bits per heavy atom. The molecule has 1 aliphatic heterocycles. The fraction of sp³-hybridized carbons (Fsp3) is 0.400. The molecule has 1 saturated heterocycles. The molecule has 0 saturated carbocycles. The summed E-state index contributed by atoms with van der Waals surface area (Å²) < 4.78 is 5.11. The summed E-state index contributed by atoms with van der Waals surface area (Å²) in [7, 11) is 1.59. The van der Waals surface area contributed by atoms with Gasteiger partial charge in [-0.25, -0.2) is 0 Å². The maximum absolute atomic E-state index is 12.6. The van der Waals surface area contributed by atoms with Gasteiger partial charge in [-0.2, -0.15) is 0 Å². The molecule has 0 bridgehead atoms. The lowest BCUT2D eigenvalue weighted by molar-refractivity contribution is -0.140. The van der Waals surface area contributed by atoms with E-state index in [0.29, 0.717) is 24.4 Å². The van der Waals surface area contributed by atoms with Crippen molar-refractivity contribution in [2.75, 3.05) is 38.2 Å². The van der Waals surface area contributed by atoms with Gasteiger partial charge < -0.3 is 19.6 Å². The van der Waals surface area contributed by atoms with Gasteiger partial charge in [0.05, 0.1) is 7.11 Å². The number of methoxy groups -OCH3 is 1. The second-order valence-electron chi connectivity index (χ2n) is 6.60. The largest absolute Gasteiger partial charge is 0.497 e. The van der Waals surface area contributed by atoms with Crippen molar-refractivity contribution in [2.45, 2.75) is 20.0 Å². The molecule has 1 fully saturated rings. The van der Waals surface area contributed by atoms with Crippen LogP contribution in [0.5, 0.6) is 5.75 Å². The van der Waals surface area contributed by atoms with Crippen molar-refractivity contribution >= 4 is 11.6 Å². The van der Waals surface area contributed by atoms with Crippen LogP contribution in [0.15, 0.2) is 36.4 Å². The summed E-state index contributed by atoms with van der Waals surface area (Å²) >= 11 is 0. The van der Waals surface area contributed by atoms with Gasteiger partial charge in [0.1, 0.15) is 5.75 Å². The van der Waals surface area contributed by atoms with E-state index in [1.165, 1.54) is 0 Å². The van der Waals surface area contributed by atoms with Crippen molar-refractivity contribution in [3.05, 3.63) is 53.3 Å². The lowest BCUT2D eigenvalue weighted by Gasteiger charge is -2.37. The van der Waals surface area contributed by atoms with Crippen LogP contribution in [-0.2, 0) is 4.79 Å². The van der Waals surface area contributed by atoms with Crippen LogP contribution in [-0.4, -0.2) is 54.2 Å². The quantitative estimate of drug-likeness (QED) is 0.910. The molecule has 0 aliphatic carbocycles. The number of piperazine rings is 1. The van der Waals surface area contributed by atoms with E-state index in [4.69, 9.17) is 4.74 Å². The van der Waals surface area contributed by atoms with Crippen molar-refractivity contribution in [3.63, 3.8) is 0 Å². The molecule has 1 atom stereocenters. The normalized spacial score (nSPS) is 15.7. The third-order valence-electron chi connectivity index (χ3n) is 4.69. The summed E-state index contributed by atoms with van der Waals surface area (Å²) in [6.07, 6.45) is -1.14. The van der Waals surface area contributed by atoms with Gasteiger partial charge in [-0.1, -0.05) is 12.1 Å². The molecular formula is C20H25N3O3. The number of aryl methyl sites for hydroxylation is 2. The number of carbonyl (C=O) groups is 1. The van der Waals surface area contributed by atoms with E-state index in [1.54, 1.807) is 36.3 Å². The number of hydrogen-bond donors (Lipinski definition) is 1. The lowest BCUT2D eigenvalue weighted by Crippen LogP contribution is -2.50. The van der Waals surface area contributed by atoms with E-state index < -0.39 is 6.10 Å². The van der Waals surface area contributed by atoms with Crippen LogP contribution in [0.3, 0.4) is 0 Å². The average Bonchev–Trinajstić information content (AvgIpc) is 2.66. The van der Waals surface area contributed by atoms with Gasteiger partial charge in [-0.15, -0.1) is 0 Å². The SMILES string of the molecule is COc1ccc(C(O)C(=O)N2CCN(c3cc(C)nc(C)c3)CC2)cc1. The van der Waals surface area contributed by atoms with E-state index in [2.05, 4.69) is 22.0 Å². The maximum atomic E-state index is 12.6. The minimum atomic E-state index is -1.14. The number of hydrogen-bond acceptors (Lipinski definition) is 5. The molecular weight excluding hydrogens is 330 g/mol. The topological polar surface area (TPSA) is 65.9 Å². The fourth-order valence-corrected chi connectivity index (χ4v) is 3.28. The van der Waals surface area contributed by atoms with Gasteiger partial charge >= 0.3 is 0 Å². The second kappa shape index (κ2) is 7.74. The Morgan fingerprint density at radius 2 is 1.65 bits per heavy atom. The summed E-state index contributed by atoms with van der Waals surface area (Å²) in [5, 5.41) is 10.4. The zero-order chi connectivity index (χ0) is 18.7.